The molecule has 0 radical (unpaired) electrons. The van der Waals surface area contributed by atoms with E-state index in [0.717, 1.165) is 37.5 Å². The van der Waals surface area contributed by atoms with Gasteiger partial charge in [0.2, 0.25) is 17.8 Å². The van der Waals surface area contributed by atoms with Crippen molar-refractivity contribution < 1.29 is 0 Å². The zero-order valence-electron chi connectivity index (χ0n) is 19.1. The lowest BCUT2D eigenvalue weighted by atomic mass is 9.72. The van der Waals surface area contributed by atoms with Crippen molar-refractivity contribution in [3.05, 3.63) is 30.3 Å². The summed E-state index contributed by atoms with van der Waals surface area (Å²) in [5, 5.41) is 7.98. The van der Waals surface area contributed by atoms with E-state index >= 15 is 0 Å². The molecule has 7 heteroatoms. The van der Waals surface area contributed by atoms with Crippen molar-refractivity contribution >= 4 is 29.2 Å². The lowest BCUT2D eigenvalue weighted by molar-refractivity contribution is 0.208. The van der Waals surface area contributed by atoms with Crippen LogP contribution in [0.5, 0.6) is 0 Å². The highest BCUT2D eigenvalue weighted by atomic mass is 15.4. The van der Waals surface area contributed by atoms with Crippen molar-refractivity contribution in [3.63, 3.8) is 0 Å². The van der Waals surface area contributed by atoms with Gasteiger partial charge in [-0.2, -0.15) is 20.1 Å². The fourth-order valence-corrected chi connectivity index (χ4v) is 4.41. The largest absolute Gasteiger partial charge is 0.341 e. The number of rotatable bonds is 5. The molecule has 1 aliphatic heterocycles. The molecule has 0 amide bonds. The van der Waals surface area contributed by atoms with Crippen LogP contribution in [0, 0.1) is 11.3 Å². The number of aromatic nitrogens is 3. The second kappa shape index (κ2) is 9.62. The Morgan fingerprint density at radius 2 is 1.58 bits per heavy atom. The molecule has 2 aromatic rings. The Balaban J connectivity index is 1.50. The molecule has 2 fully saturated rings. The maximum atomic E-state index is 4.69. The first-order valence-electron chi connectivity index (χ1n) is 11.6. The van der Waals surface area contributed by atoms with Crippen molar-refractivity contribution in [3.8, 4) is 0 Å². The molecule has 4 rings (SSSR count). The van der Waals surface area contributed by atoms with Crippen LogP contribution in [-0.2, 0) is 0 Å². The van der Waals surface area contributed by atoms with E-state index < -0.39 is 0 Å². The van der Waals surface area contributed by atoms with E-state index in [2.05, 4.69) is 56.5 Å². The van der Waals surface area contributed by atoms with Crippen LogP contribution in [0.1, 0.15) is 65.7 Å². The van der Waals surface area contributed by atoms with Gasteiger partial charge in [0.1, 0.15) is 0 Å². The molecule has 0 bridgehead atoms. The Morgan fingerprint density at radius 1 is 0.903 bits per heavy atom. The van der Waals surface area contributed by atoms with Crippen molar-refractivity contribution in [2.24, 2.45) is 16.4 Å². The van der Waals surface area contributed by atoms with Gasteiger partial charge in [0.25, 0.3) is 0 Å². The molecule has 1 aromatic carbocycles. The van der Waals surface area contributed by atoms with Crippen molar-refractivity contribution in [1.82, 2.24) is 15.0 Å². The first-order valence-corrected chi connectivity index (χ1v) is 11.6. The maximum absolute atomic E-state index is 4.69. The highest BCUT2D eigenvalue weighted by Gasteiger charge is 2.28. The number of benzene rings is 1. The molecular formula is C24H35N7. The van der Waals surface area contributed by atoms with E-state index in [1.54, 1.807) is 0 Å². The third kappa shape index (κ3) is 5.93. The highest BCUT2D eigenvalue weighted by Crippen LogP contribution is 2.36. The fourth-order valence-electron chi connectivity index (χ4n) is 4.41. The molecule has 166 valence electrons. The van der Waals surface area contributed by atoms with Crippen LogP contribution in [0.3, 0.4) is 0 Å². The van der Waals surface area contributed by atoms with Gasteiger partial charge in [0, 0.05) is 24.5 Å². The minimum absolute atomic E-state index is 0.370. The van der Waals surface area contributed by atoms with E-state index in [-0.39, 0.29) is 0 Å². The molecule has 0 spiro atoms. The molecule has 2 aliphatic rings. The average Bonchev–Trinajstić information content (AvgIpc) is 2.78. The molecule has 1 saturated carbocycles. The summed E-state index contributed by atoms with van der Waals surface area (Å²) in [5.41, 5.74) is 5.66. The van der Waals surface area contributed by atoms with Crippen molar-refractivity contribution in [1.29, 1.82) is 0 Å². The van der Waals surface area contributed by atoms with E-state index in [9.17, 15) is 0 Å². The van der Waals surface area contributed by atoms with Gasteiger partial charge >= 0.3 is 0 Å². The molecule has 7 nitrogen and oxygen atoms in total. The van der Waals surface area contributed by atoms with Crippen LogP contribution in [0.25, 0.3) is 0 Å². The van der Waals surface area contributed by atoms with Crippen LogP contribution < -0.4 is 15.6 Å². The van der Waals surface area contributed by atoms with Gasteiger partial charge in [-0.15, -0.1) is 0 Å². The number of piperidine rings is 1. The minimum atomic E-state index is 0.370. The van der Waals surface area contributed by atoms with Crippen LogP contribution in [0.15, 0.2) is 35.4 Å². The Bertz CT molecular complexity index is 873. The molecular weight excluding hydrogens is 386 g/mol. The van der Waals surface area contributed by atoms with Crippen LogP contribution in [0.4, 0.5) is 23.5 Å². The summed E-state index contributed by atoms with van der Waals surface area (Å²) in [5.74, 6) is 2.52. The topological polar surface area (TPSA) is 78.3 Å². The third-order valence-corrected chi connectivity index (χ3v) is 6.39. The minimum Gasteiger partial charge on any atom is -0.341 e. The first kappa shape index (κ1) is 21.5. The summed E-state index contributed by atoms with van der Waals surface area (Å²) in [6.45, 7) is 8.98. The predicted molar refractivity (Wildman–Crippen MR) is 128 cm³/mol. The Hall–Kier alpha value is -2.70. The molecule has 2 heterocycles. The molecule has 1 aliphatic carbocycles. The van der Waals surface area contributed by atoms with Crippen LogP contribution >= 0.6 is 0 Å². The summed E-state index contributed by atoms with van der Waals surface area (Å²) in [6.07, 6.45) is 8.08. The lowest BCUT2D eigenvalue weighted by Gasteiger charge is -2.34. The number of nitrogens with one attached hydrogen (secondary N) is 2. The Kier molecular flexibility index (Phi) is 6.68. The average molecular weight is 422 g/mol. The maximum Gasteiger partial charge on any atom is 0.250 e. The number of nitrogens with zero attached hydrogens (tertiary/aromatic N) is 5. The van der Waals surface area contributed by atoms with Crippen molar-refractivity contribution in [2.75, 3.05) is 28.7 Å². The lowest BCUT2D eigenvalue weighted by Crippen LogP contribution is -2.31. The van der Waals surface area contributed by atoms with Gasteiger partial charge in [-0.1, -0.05) is 39.0 Å². The third-order valence-electron chi connectivity index (χ3n) is 6.39. The summed E-state index contributed by atoms with van der Waals surface area (Å²) in [4.78, 5) is 16.2. The zero-order chi connectivity index (χ0) is 21.7. The number of hydrogen-bond acceptors (Lipinski definition) is 7. The number of anilines is 4. The normalized spacial score (nSPS) is 19.8. The summed E-state index contributed by atoms with van der Waals surface area (Å²) in [7, 11) is 0. The summed E-state index contributed by atoms with van der Waals surface area (Å²) >= 11 is 0. The van der Waals surface area contributed by atoms with Gasteiger partial charge in [-0.3, -0.25) is 0 Å². The van der Waals surface area contributed by atoms with Gasteiger partial charge in [0.15, 0.2) is 0 Å². The number of hydrogen-bond donors (Lipinski definition) is 2. The predicted octanol–water partition coefficient (Wildman–Crippen LogP) is 5.61. The first-order chi connectivity index (χ1) is 15.0. The summed E-state index contributed by atoms with van der Waals surface area (Å²) in [6, 6.07) is 9.99. The Labute approximate surface area is 185 Å². The number of hydrazone groups is 1. The van der Waals surface area contributed by atoms with Gasteiger partial charge in [-0.05, 0) is 68.4 Å². The standard InChI is InChI=1S/C24H35N7/c1-24(2,3)18-12-14-20(15-13-18)29-30-22-26-21(25-19-10-6-4-7-11-19)27-23(28-22)31-16-8-5-9-17-31/h4,6-7,10-11,18H,5,8-9,12-17H2,1-3H3,(H2,25,26,27,28,30). The van der Waals surface area contributed by atoms with Gasteiger partial charge in [-0.25, -0.2) is 5.43 Å². The zero-order valence-corrected chi connectivity index (χ0v) is 19.1. The van der Waals surface area contributed by atoms with E-state index in [0.29, 0.717) is 23.3 Å². The molecule has 0 atom stereocenters. The van der Waals surface area contributed by atoms with Gasteiger partial charge in [0.05, 0.1) is 0 Å². The molecule has 1 aromatic heterocycles. The van der Waals surface area contributed by atoms with Crippen molar-refractivity contribution in [2.45, 2.75) is 65.7 Å². The molecule has 0 unspecified atom stereocenters. The molecule has 31 heavy (non-hydrogen) atoms. The SMILES string of the molecule is CC(C)(C)C1CCC(=NNc2nc(Nc3ccccc3)nc(N3CCCCC3)n2)CC1. The van der Waals surface area contributed by atoms with E-state index in [4.69, 9.17) is 0 Å². The quantitative estimate of drug-likeness (QED) is 0.611. The van der Waals surface area contributed by atoms with E-state index in [1.807, 2.05) is 30.3 Å². The fraction of sp³-hybridized carbons (Fsp3) is 0.583. The monoisotopic (exact) mass is 421 g/mol. The highest BCUT2D eigenvalue weighted by molar-refractivity contribution is 5.85. The van der Waals surface area contributed by atoms with Gasteiger partial charge < -0.3 is 10.2 Å². The van der Waals surface area contributed by atoms with Crippen LogP contribution in [0.2, 0.25) is 0 Å². The number of para-hydroxylation sites is 1. The summed E-state index contributed by atoms with van der Waals surface area (Å²) < 4.78 is 0. The second-order valence-corrected chi connectivity index (χ2v) is 9.75. The smallest absolute Gasteiger partial charge is 0.250 e. The molecule has 2 N–H and O–H groups in total. The van der Waals surface area contributed by atoms with E-state index in [1.165, 1.54) is 37.8 Å². The molecule has 1 saturated heterocycles. The Morgan fingerprint density at radius 3 is 2.26 bits per heavy atom. The van der Waals surface area contributed by atoms with Crippen LogP contribution in [-0.4, -0.2) is 33.8 Å². The second-order valence-electron chi connectivity index (χ2n) is 9.75.